The Morgan fingerprint density at radius 3 is 1.13 bits per heavy atom. The van der Waals surface area contributed by atoms with Gasteiger partial charge < -0.3 is 43.8 Å². The Morgan fingerprint density at radius 1 is 0.331 bits per heavy atom. The summed E-state index contributed by atoms with van der Waals surface area (Å²) in [5.41, 5.74) is 4.34. The number of morpholine rings is 2. The Hall–Kier alpha value is -11.6. The molecule has 5 fully saturated rings. The van der Waals surface area contributed by atoms with E-state index in [2.05, 4.69) is 119 Å². The first-order valence-corrected chi connectivity index (χ1v) is 40.2. The zero-order valence-electron chi connectivity index (χ0n) is 69.7. The molecule has 0 bridgehead atoms. The van der Waals surface area contributed by atoms with Gasteiger partial charge in [-0.25, -0.2) is 4.98 Å². The minimum atomic E-state index is -0.485. The lowest BCUT2D eigenvalue weighted by molar-refractivity contribution is 0.121. The zero-order valence-corrected chi connectivity index (χ0v) is 69.2. The summed E-state index contributed by atoms with van der Waals surface area (Å²) in [6, 6.07) is 42.9. The van der Waals surface area contributed by atoms with Crippen LogP contribution in [0.1, 0.15) is 45.4 Å². The zero-order chi connectivity index (χ0) is 86.0. The molecule has 0 spiro atoms. The summed E-state index contributed by atoms with van der Waals surface area (Å²) in [6.07, 6.45) is 12.2. The lowest BCUT2D eigenvalue weighted by atomic mass is 10.2. The topological polar surface area (TPSA) is 299 Å². The Balaban J connectivity index is 0.000000123. The van der Waals surface area contributed by atoms with Gasteiger partial charge in [-0.2, -0.15) is 89.7 Å². The first kappa shape index (κ1) is 76.4. The van der Waals surface area contributed by atoms with Crippen LogP contribution >= 0.6 is 69.6 Å². The van der Waals surface area contributed by atoms with Gasteiger partial charge in [0.05, 0.1) is 44.3 Å². The molecule has 37 heteroatoms. The van der Waals surface area contributed by atoms with Crippen LogP contribution in [0, 0.1) is 0 Å². The van der Waals surface area contributed by atoms with Crippen LogP contribution in [0.5, 0.6) is 0 Å². The Labute approximate surface area is 718 Å². The van der Waals surface area contributed by atoms with Gasteiger partial charge in [0.2, 0.25) is 91.2 Å². The summed E-state index contributed by atoms with van der Waals surface area (Å²) in [7, 11) is 7.45. The molecule has 0 amide bonds. The van der Waals surface area contributed by atoms with E-state index in [1.165, 1.54) is 38.5 Å². The van der Waals surface area contributed by atoms with Gasteiger partial charge in [0.15, 0.2) is 11.6 Å². The predicted octanol–water partition coefficient (Wildman–Crippen LogP) is 14.8. The molecule has 0 N–H and O–H groups in total. The number of hydrogen-bond acceptors (Lipinski definition) is 29. The molecule has 0 aliphatic carbocycles. The number of ether oxygens (including phenoxy) is 2. The fourth-order valence-electron chi connectivity index (χ4n) is 12.9. The van der Waals surface area contributed by atoms with E-state index in [9.17, 15) is 0 Å². The molecule has 13 heterocycles. The fraction of sp³-hybridized carbons (Fsp3) is 0.296. The van der Waals surface area contributed by atoms with Gasteiger partial charge in [-0.3, -0.25) is 14.0 Å². The van der Waals surface area contributed by atoms with Crippen LogP contribution in [-0.4, -0.2) is 224 Å². The van der Waals surface area contributed by atoms with Crippen molar-refractivity contribution in [1.82, 2.24) is 104 Å². The van der Waals surface area contributed by atoms with E-state index >= 15 is 0 Å². The third-order valence-electron chi connectivity index (χ3n) is 18.6. The van der Waals surface area contributed by atoms with Crippen molar-refractivity contribution in [2.75, 3.05) is 159 Å². The summed E-state index contributed by atoms with van der Waals surface area (Å²) in [5.74, 6) is 6.12. The number of benzene rings is 6. The molecule has 0 saturated carbocycles. The second kappa shape index (κ2) is 40.5. The maximum atomic E-state index is 8.23. The first-order valence-electron chi connectivity index (χ1n) is 40.4. The van der Waals surface area contributed by atoms with Gasteiger partial charge in [-0.15, -0.1) is 0 Å². The van der Waals surface area contributed by atoms with Crippen LogP contribution in [0.3, 0.4) is 0 Å². The monoisotopic (exact) mass is 1710 g/mol. The van der Waals surface area contributed by atoms with Gasteiger partial charge in [0, 0.05) is 139 Å². The number of nitrogens with zero attached hydrogens (tertiary/aromatic N) is 29. The van der Waals surface area contributed by atoms with Crippen molar-refractivity contribution in [3.05, 3.63) is 220 Å². The number of halogens is 6. The van der Waals surface area contributed by atoms with E-state index in [4.69, 9.17) is 85.9 Å². The van der Waals surface area contributed by atoms with Crippen LogP contribution in [0.4, 0.5) is 59.0 Å². The third-order valence-corrected chi connectivity index (χ3v) is 19.6. The molecule has 0 atom stereocenters. The van der Waals surface area contributed by atoms with Crippen LogP contribution in [0.2, 0.25) is 31.7 Å². The van der Waals surface area contributed by atoms with Gasteiger partial charge in [0.1, 0.15) is 6.33 Å². The largest absolute Gasteiger partial charge is 0.378 e. The number of para-hydroxylation sites is 4. The van der Waals surface area contributed by atoms with Crippen LogP contribution < -0.4 is 39.2 Å². The van der Waals surface area contributed by atoms with Crippen molar-refractivity contribution in [3.8, 4) is 34.7 Å². The Morgan fingerprint density at radius 2 is 0.686 bits per heavy atom. The Bertz CT molecular complexity index is 5700. The molecule has 14 aromatic rings. The molecular weight excluding hydrogens is 1620 g/mol. The van der Waals surface area contributed by atoms with Crippen molar-refractivity contribution >= 4 is 150 Å². The number of imidazole rings is 1. The maximum absolute atomic E-state index is 8.23. The summed E-state index contributed by atoms with van der Waals surface area (Å²) >= 11 is 36.1. The summed E-state index contributed by atoms with van der Waals surface area (Å²) < 4.78 is 54.2. The number of hydrogen-bond donors (Lipinski definition) is 0. The smallest absolute Gasteiger partial charge is 0.241 e. The lowest BCUT2D eigenvalue weighted by Crippen LogP contribution is -2.40. The standard InChI is InChI=1S/C21H13ClN4.C21H15ClN4.C11H16ClN5O2.C11H16ClN5.C9H14ClN5.C8H9ClN6/c22-20-23-19(14-8-2-1-3-9-14)24-21(25-20)26-17-12-6-4-10-15(17)16-11-5-7-13-18(16)26;22-20-23-19(16-10-4-1-5-11-16)24-21(25-20)26(17-12-6-2-7-13-17)18-14-8-3-9-15-18;12-9-13-10(16-1-5-18-6-2-16)15-11(14-9)17-3-7-19-8-4-17;12-9-13-10(16-5-1-2-6-16)15-11(14-9)17-7-3-4-8-17;1-14(2)8-11-7(10)12-9(13-8)15-5-3-4-6-15;1-14(2)7-11-6(9)12-8(13-7)15-4-3-10-5-15/h1-13H;1-15H;1-8H2;1-8H2;3-6H2,1-2H3;3-5H,1-2H3/i1D,2D,3D,8D,9D;;;;;. The molecule has 606 valence electrons. The van der Waals surface area contributed by atoms with Gasteiger partial charge in [-0.05, 0) is 145 Å². The highest BCUT2D eigenvalue weighted by atomic mass is 35.5. The average molecular weight is 1710 g/mol. The number of rotatable bonds is 14. The predicted molar refractivity (Wildman–Crippen MR) is 465 cm³/mol. The number of aromatic nitrogens is 21. The molecular formula is C81H83Cl6N29O2. The van der Waals surface area contributed by atoms with Crippen molar-refractivity contribution < 1.29 is 16.3 Å². The molecule has 6 aromatic carbocycles. The van der Waals surface area contributed by atoms with Crippen molar-refractivity contribution in [3.63, 3.8) is 0 Å². The average Bonchev–Trinajstić information content (AvgIpc) is 1.51. The molecule has 5 aliphatic rings. The SMILES string of the molecule is CN(C)c1nc(Cl)nc(-n2ccnc2)n1.CN(C)c1nc(Cl)nc(N2CCCC2)n1.Clc1nc(-c2ccccc2)nc(N(c2ccccc2)c2ccccc2)n1.Clc1nc(N2CCCC2)nc(N2CCCC2)n1.Clc1nc(N2CCOCC2)nc(N2CCOCC2)n1.[2H]c1c([2H])c([2H])c(-c2nc(Cl)nc(-n3c4ccccc4c4ccccc43)n2)c([2H])c1[2H]. The molecule has 5 saturated heterocycles. The first-order chi connectivity index (χ1) is 59.7. The van der Waals surface area contributed by atoms with Gasteiger partial charge in [-0.1, -0.05) is 133 Å². The molecule has 5 aliphatic heterocycles. The molecule has 19 rings (SSSR count). The van der Waals surface area contributed by atoms with Crippen molar-refractivity contribution in [1.29, 1.82) is 0 Å². The Kier molecular flexibility index (Phi) is 26.3. The third kappa shape index (κ3) is 21.8. The second-order valence-corrected chi connectivity index (χ2v) is 29.1. The van der Waals surface area contributed by atoms with E-state index in [1.54, 1.807) is 28.2 Å². The highest BCUT2D eigenvalue weighted by Crippen LogP contribution is 2.35. The highest BCUT2D eigenvalue weighted by Gasteiger charge is 2.25. The normalized spacial score (nSPS) is 15.0. The number of anilines is 10. The maximum Gasteiger partial charge on any atom is 0.241 e. The van der Waals surface area contributed by atoms with E-state index in [-0.39, 0.29) is 43.8 Å². The van der Waals surface area contributed by atoms with E-state index in [1.807, 2.05) is 182 Å². The molecule has 8 aromatic heterocycles. The van der Waals surface area contributed by atoms with Crippen LogP contribution in [-0.2, 0) is 9.47 Å². The van der Waals surface area contributed by atoms with Gasteiger partial charge in [0.25, 0.3) is 0 Å². The van der Waals surface area contributed by atoms with Crippen LogP contribution in [0.25, 0.3) is 56.5 Å². The molecule has 118 heavy (non-hydrogen) atoms. The fourth-order valence-corrected chi connectivity index (χ4v) is 13.9. The van der Waals surface area contributed by atoms with E-state index in [0.717, 1.165) is 116 Å². The molecule has 0 radical (unpaired) electrons. The van der Waals surface area contributed by atoms with Gasteiger partial charge >= 0.3 is 0 Å². The van der Waals surface area contributed by atoms with Crippen molar-refractivity contribution in [2.45, 2.75) is 38.5 Å². The number of fused-ring (bicyclic) bond motifs is 3. The van der Waals surface area contributed by atoms with E-state index in [0.29, 0.717) is 79.2 Å². The van der Waals surface area contributed by atoms with Crippen LogP contribution in [0.15, 0.2) is 188 Å². The quantitative estimate of drug-likeness (QED) is 0.0976. The molecule has 0 unspecified atom stereocenters. The minimum Gasteiger partial charge on any atom is -0.378 e. The minimum absolute atomic E-state index is 0.0890. The lowest BCUT2D eigenvalue weighted by Gasteiger charge is -2.29. The molecule has 31 nitrogen and oxygen atoms in total. The summed E-state index contributed by atoms with van der Waals surface area (Å²) in [4.78, 5) is 96.9. The second-order valence-electron chi connectivity index (χ2n) is 27.1. The van der Waals surface area contributed by atoms with Crippen molar-refractivity contribution in [2.24, 2.45) is 0 Å². The highest BCUT2D eigenvalue weighted by molar-refractivity contribution is 6.30. The van der Waals surface area contributed by atoms with E-state index < -0.39 is 30.2 Å². The summed E-state index contributed by atoms with van der Waals surface area (Å²) in [6.45, 7) is 12.0. The summed E-state index contributed by atoms with van der Waals surface area (Å²) in [5, 5.41) is 2.98.